The van der Waals surface area contributed by atoms with Crippen molar-refractivity contribution in [3.05, 3.63) is 17.7 Å². The number of hydrogen-bond donors (Lipinski definition) is 3. The number of aliphatic carboxylic acids is 1. The summed E-state index contributed by atoms with van der Waals surface area (Å²) < 4.78 is 9.91. The van der Waals surface area contributed by atoms with Crippen LogP contribution in [0.2, 0.25) is 0 Å². The van der Waals surface area contributed by atoms with E-state index in [-0.39, 0.29) is 22.8 Å². The van der Waals surface area contributed by atoms with E-state index in [0.717, 1.165) is 0 Å². The third kappa shape index (κ3) is 2.17. The maximum Gasteiger partial charge on any atom is 0.325 e. The number of ether oxygens (including phenoxy) is 2. The van der Waals surface area contributed by atoms with Gasteiger partial charge in [-0.2, -0.15) is 0 Å². The van der Waals surface area contributed by atoms with Crippen molar-refractivity contribution in [1.29, 1.82) is 0 Å². The molecule has 0 bridgehead atoms. The number of carboxylic acids is 1. The molecule has 1 aromatic carbocycles. The highest BCUT2D eigenvalue weighted by atomic mass is 16.5. The van der Waals surface area contributed by atoms with E-state index in [1.54, 1.807) is 0 Å². The van der Waals surface area contributed by atoms with Crippen LogP contribution in [0.3, 0.4) is 0 Å². The second-order valence-electron chi connectivity index (χ2n) is 3.08. The summed E-state index contributed by atoms with van der Waals surface area (Å²) in [5.41, 5.74) is 5.69. The molecule has 0 heterocycles. The molecule has 0 spiro atoms. The first kappa shape index (κ1) is 12.1. The normalized spacial score (nSPS) is 11.9. The third-order valence-corrected chi connectivity index (χ3v) is 2.11. The number of phenols is 1. The second kappa shape index (κ2) is 4.71. The highest BCUT2D eigenvalue weighted by molar-refractivity contribution is 5.78. The zero-order valence-electron chi connectivity index (χ0n) is 8.93. The summed E-state index contributed by atoms with van der Waals surface area (Å²) in [7, 11) is 2.71. The molecular formula is C10H13NO5. The number of nitrogens with two attached hydrogens (primary N) is 1. The largest absolute Gasteiger partial charge is 0.508 e. The van der Waals surface area contributed by atoms with Crippen molar-refractivity contribution in [3.63, 3.8) is 0 Å². The summed E-state index contributed by atoms with van der Waals surface area (Å²) in [5.74, 6) is -0.948. The maximum atomic E-state index is 10.8. The number of benzene rings is 1. The minimum Gasteiger partial charge on any atom is -0.508 e. The van der Waals surface area contributed by atoms with Crippen LogP contribution in [-0.4, -0.2) is 30.4 Å². The van der Waals surface area contributed by atoms with Gasteiger partial charge in [0.05, 0.1) is 19.8 Å². The molecule has 0 amide bonds. The Morgan fingerprint density at radius 2 is 1.75 bits per heavy atom. The summed E-state index contributed by atoms with van der Waals surface area (Å²) in [4.78, 5) is 10.8. The van der Waals surface area contributed by atoms with Crippen molar-refractivity contribution in [2.24, 2.45) is 5.73 Å². The molecule has 4 N–H and O–H groups in total. The molecule has 1 atom stereocenters. The Labute approximate surface area is 92.2 Å². The zero-order chi connectivity index (χ0) is 12.3. The Kier molecular flexibility index (Phi) is 3.57. The lowest BCUT2D eigenvalue weighted by Crippen LogP contribution is -2.22. The topological polar surface area (TPSA) is 102 Å². The molecular weight excluding hydrogens is 214 g/mol. The van der Waals surface area contributed by atoms with Crippen LogP contribution < -0.4 is 15.2 Å². The van der Waals surface area contributed by atoms with Crippen molar-refractivity contribution >= 4 is 5.97 Å². The Morgan fingerprint density at radius 1 is 1.31 bits per heavy atom. The molecule has 6 heteroatoms. The summed E-state index contributed by atoms with van der Waals surface area (Å²) in [6.45, 7) is 0. The lowest BCUT2D eigenvalue weighted by Gasteiger charge is -2.16. The Balaban J connectivity index is 3.38. The van der Waals surface area contributed by atoms with Gasteiger partial charge in [0.2, 0.25) is 0 Å². The smallest absolute Gasteiger partial charge is 0.325 e. The molecule has 0 fully saturated rings. The van der Waals surface area contributed by atoms with E-state index >= 15 is 0 Å². The Hall–Kier alpha value is -1.95. The number of aromatic hydroxyl groups is 1. The van der Waals surface area contributed by atoms with Gasteiger partial charge in [0.1, 0.15) is 23.3 Å². The average molecular weight is 227 g/mol. The number of carbonyl (C=O) groups is 1. The van der Waals surface area contributed by atoms with Crippen molar-refractivity contribution in [1.82, 2.24) is 0 Å². The van der Waals surface area contributed by atoms with Crippen LogP contribution in [0.5, 0.6) is 17.2 Å². The van der Waals surface area contributed by atoms with Crippen LogP contribution in [0.4, 0.5) is 0 Å². The van der Waals surface area contributed by atoms with Crippen LogP contribution in [0.15, 0.2) is 12.1 Å². The molecule has 88 valence electrons. The van der Waals surface area contributed by atoms with Crippen molar-refractivity contribution in [2.75, 3.05) is 14.2 Å². The Bertz CT molecular complexity index is 379. The minimum absolute atomic E-state index is 0.0879. The van der Waals surface area contributed by atoms with Gasteiger partial charge in [-0.05, 0) is 0 Å². The maximum absolute atomic E-state index is 10.8. The number of methoxy groups -OCH3 is 2. The predicted octanol–water partition coefficient (Wildman–Crippen LogP) is 0.494. The molecule has 0 aliphatic heterocycles. The number of carboxylic acid groups (broad SMARTS) is 1. The van der Waals surface area contributed by atoms with E-state index < -0.39 is 12.0 Å². The van der Waals surface area contributed by atoms with Gasteiger partial charge in [-0.1, -0.05) is 0 Å². The van der Waals surface area contributed by atoms with Gasteiger partial charge < -0.3 is 25.4 Å². The van der Waals surface area contributed by atoms with Gasteiger partial charge in [-0.3, -0.25) is 4.79 Å². The van der Waals surface area contributed by atoms with E-state index in [0.29, 0.717) is 0 Å². The fourth-order valence-electron chi connectivity index (χ4n) is 1.35. The van der Waals surface area contributed by atoms with Crippen LogP contribution in [0.25, 0.3) is 0 Å². The van der Waals surface area contributed by atoms with Crippen molar-refractivity contribution in [2.45, 2.75) is 6.04 Å². The fourth-order valence-corrected chi connectivity index (χ4v) is 1.35. The van der Waals surface area contributed by atoms with E-state index in [1.165, 1.54) is 26.4 Å². The quantitative estimate of drug-likeness (QED) is 0.692. The van der Waals surface area contributed by atoms with E-state index in [9.17, 15) is 9.90 Å². The van der Waals surface area contributed by atoms with Gasteiger partial charge in [-0.25, -0.2) is 0 Å². The molecule has 0 radical (unpaired) electrons. The molecule has 6 nitrogen and oxygen atoms in total. The van der Waals surface area contributed by atoms with Crippen molar-refractivity contribution in [3.8, 4) is 17.2 Å². The number of rotatable bonds is 4. The van der Waals surface area contributed by atoms with Crippen LogP contribution >= 0.6 is 0 Å². The molecule has 16 heavy (non-hydrogen) atoms. The van der Waals surface area contributed by atoms with Gasteiger partial charge in [0.25, 0.3) is 0 Å². The fraction of sp³-hybridized carbons (Fsp3) is 0.300. The van der Waals surface area contributed by atoms with E-state index in [4.69, 9.17) is 20.3 Å². The second-order valence-corrected chi connectivity index (χ2v) is 3.08. The van der Waals surface area contributed by atoms with Gasteiger partial charge in [-0.15, -0.1) is 0 Å². The van der Waals surface area contributed by atoms with Gasteiger partial charge in [0.15, 0.2) is 0 Å². The van der Waals surface area contributed by atoms with Crippen molar-refractivity contribution < 1.29 is 24.5 Å². The lowest BCUT2D eigenvalue weighted by atomic mass is 10.0. The van der Waals surface area contributed by atoms with Gasteiger partial charge >= 0.3 is 5.97 Å². The zero-order valence-corrected chi connectivity index (χ0v) is 8.93. The number of hydrogen-bond acceptors (Lipinski definition) is 5. The first-order valence-corrected chi connectivity index (χ1v) is 4.44. The summed E-state index contributed by atoms with van der Waals surface area (Å²) in [5, 5.41) is 18.2. The highest BCUT2D eigenvalue weighted by Gasteiger charge is 2.24. The molecule has 1 rings (SSSR count). The molecule has 0 aliphatic carbocycles. The lowest BCUT2D eigenvalue weighted by molar-refractivity contribution is -0.138. The molecule has 0 unspecified atom stereocenters. The third-order valence-electron chi connectivity index (χ3n) is 2.11. The molecule has 0 saturated heterocycles. The van der Waals surface area contributed by atoms with Gasteiger partial charge in [0, 0.05) is 12.1 Å². The number of phenolic OH excluding ortho intramolecular Hbond substituents is 1. The Morgan fingerprint density at radius 3 is 2.06 bits per heavy atom. The minimum atomic E-state index is -1.27. The van der Waals surface area contributed by atoms with E-state index in [1.807, 2.05) is 0 Å². The SMILES string of the molecule is COc1cc(O)cc(OC)c1[C@H](N)C(=O)O. The first-order chi connectivity index (χ1) is 7.51. The summed E-state index contributed by atoms with van der Waals surface area (Å²) in [6, 6.07) is 1.28. The van der Waals surface area contributed by atoms with Crippen LogP contribution in [0, 0.1) is 0 Å². The summed E-state index contributed by atoms with van der Waals surface area (Å²) >= 11 is 0. The van der Waals surface area contributed by atoms with E-state index in [2.05, 4.69) is 0 Å². The highest BCUT2D eigenvalue weighted by Crippen LogP contribution is 2.36. The molecule has 1 aromatic rings. The first-order valence-electron chi connectivity index (χ1n) is 4.44. The molecule has 0 aromatic heterocycles. The van der Waals surface area contributed by atoms with Crippen LogP contribution in [0.1, 0.15) is 11.6 Å². The summed E-state index contributed by atoms with van der Waals surface area (Å²) in [6.07, 6.45) is 0. The standard InChI is InChI=1S/C10H13NO5/c1-15-6-3-5(12)4-7(16-2)8(6)9(11)10(13)14/h3-4,9,12H,11H2,1-2H3,(H,13,14)/t9-/m0/s1. The molecule has 0 saturated carbocycles. The predicted molar refractivity (Wildman–Crippen MR) is 55.8 cm³/mol. The monoisotopic (exact) mass is 227 g/mol. The average Bonchev–Trinajstić information content (AvgIpc) is 2.26. The van der Waals surface area contributed by atoms with Crippen LogP contribution in [-0.2, 0) is 4.79 Å². The molecule has 0 aliphatic rings.